The van der Waals surface area contributed by atoms with Gasteiger partial charge in [0, 0.05) is 13.2 Å². The van der Waals surface area contributed by atoms with E-state index in [-0.39, 0.29) is 71.6 Å². The van der Waals surface area contributed by atoms with Crippen LogP contribution in [0.3, 0.4) is 0 Å². The van der Waals surface area contributed by atoms with Crippen LogP contribution >= 0.6 is 0 Å². The molecule has 4 aliphatic rings. The zero-order chi connectivity index (χ0) is 41.5. The minimum Gasteiger partial charge on any atom is -0.396 e. The van der Waals surface area contributed by atoms with E-state index in [0.29, 0.717) is 19.3 Å². The Morgan fingerprint density at radius 3 is 1.78 bits per heavy atom. The highest BCUT2D eigenvalue weighted by molar-refractivity contribution is 5.39. The average molecular weight is 789 g/mol. The van der Waals surface area contributed by atoms with E-state index in [1.807, 2.05) is 0 Å². The van der Waals surface area contributed by atoms with Crippen molar-refractivity contribution >= 4 is 0 Å². The number of aliphatic hydroxyl groups excluding tert-OH is 11. The summed E-state index contributed by atoms with van der Waals surface area (Å²) in [6.45, 7) is 16.5. The van der Waals surface area contributed by atoms with Crippen LogP contribution < -0.4 is 0 Å². The van der Waals surface area contributed by atoms with E-state index in [1.54, 1.807) is 25.0 Å². The predicted molar refractivity (Wildman–Crippen MR) is 205 cm³/mol. The molecule has 0 aromatic rings. The number of rotatable bonds is 19. The first kappa shape index (κ1) is 46.9. The minimum atomic E-state index is -1.77. The van der Waals surface area contributed by atoms with E-state index >= 15 is 0 Å². The van der Waals surface area contributed by atoms with Gasteiger partial charge in [0.25, 0.3) is 0 Å². The lowest BCUT2D eigenvalue weighted by Crippen LogP contribution is -2.57. The fraction of sp³-hybridized carbons (Fsp3) is 0.952. The van der Waals surface area contributed by atoms with Crippen LogP contribution in [0.15, 0.2) is 11.1 Å². The molecule has 0 bridgehead atoms. The highest BCUT2D eigenvalue weighted by Gasteiger charge is 2.64. The summed E-state index contributed by atoms with van der Waals surface area (Å²) in [5.41, 5.74) is 1.71. The monoisotopic (exact) mass is 789 g/mol. The summed E-state index contributed by atoms with van der Waals surface area (Å²) in [5.74, 6) is 0.544. The third kappa shape index (κ3) is 9.05. The molecule has 13 nitrogen and oxygen atoms in total. The molecule has 322 valence electrons. The lowest BCUT2D eigenvalue weighted by Gasteiger charge is -2.62. The third-order valence-electron chi connectivity index (χ3n) is 15.7. The van der Waals surface area contributed by atoms with Gasteiger partial charge < -0.3 is 65.6 Å². The lowest BCUT2D eigenvalue weighted by molar-refractivity contribution is -0.253. The highest BCUT2D eigenvalue weighted by Crippen LogP contribution is 2.72. The molecule has 4 rings (SSSR count). The van der Waals surface area contributed by atoms with Crippen LogP contribution in [0.5, 0.6) is 0 Å². The van der Waals surface area contributed by atoms with E-state index in [2.05, 4.69) is 41.5 Å². The fourth-order valence-electron chi connectivity index (χ4n) is 11.9. The predicted octanol–water partition coefficient (Wildman–Crippen LogP) is 2.26. The van der Waals surface area contributed by atoms with Crippen molar-refractivity contribution in [3.8, 4) is 0 Å². The number of fused-ring (bicyclic) bond motifs is 4. The molecule has 13 heteroatoms. The van der Waals surface area contributed by atoms with Gasteiger partial charge in [0.2, 0.25) is 0 Å². The standard InChI is InChI=1S/C42H76O13/c1-23(27(45)13-17-38(2,3)55-37(53)35(51)33(49)29(47)16-22-44)24-11-19-42(8)26-9-10-30-39(4,5)31(54-36(52)34(50)32(48)28(46)15-21-43)14-18-40(30,6)25(26)12-20-41(24,42)7/h23-24,27-37,43-53H,9-22H2,1-8H3/t23-,24+,27?,28?,29?,30?,31-,32?,33?,34?,35?,36?,37?,40+,41+,42-/m0/s1. The maximum atomic E-state index is 11.6. The summed E-state index contributed by atoms with van der Waals surface area (Å²) >= 11 is 0. The van der Waals surface area contributed by atoms with Crippen molar-refractivity contribution in [2.24, 2.45) is 39.4 Å². The van der Waals surface area contributed by atoms with Crippen molar-refractivity contribution in [2.75, 3.05) is 13.2 Å². The zero-order valence-electron chi connectivity index (χ0n) is 34.6. The lowest BCUT2D eigenvalue weighted by atomic mass is 9.43. The molecule has 55 heavy (non-hydrogen) atoms. The van der Waals surface area contributed by atoms with Gasteiger partial charge in [0.05, 0.1) is 30.0 Å². The number of hydrogen-bond acceptors (Lipinski definition) is 13. The van der Waals surface area contributed by atoms with Gasteiger partial charge in [-0.3, -0.25) is 0 Å². The van der Waals surface area contributed by atoms with Crippen molar-refractivity contribution < 1.29 is 65.6 Å². The summed E-state index contributed by atoms with van der Waals surface area (Å²) in [6.07, 6.45) is -6.12. The Hall–Kier alpha value is -0.780. The van der Waals surface area contributed by atoms with Crippen molar-refractivity contribution in [1.29, 1.82) is 0 Å². The molecule has 0 aromatic heterocycles. The Morgan fingerprint density at radius 1 is 0.655 bits per heavy atom. The quantitative estimate of drug-likeness (QED) is 0.0666. The van der Waals surface area contributed by atoms with Gasteiger partial charge in [0.15, 0.2) is 12.6 Å². The average Bonchev–Trinajstić information content (AvgIpc) is 3.40. The minimum absolute atomic E-state index is 0.000709. The summed E-state index contributed by atoms with van der Waals surface area (Å²) in [5, 5.41) is 112. The van der Waals surface area contributed by atoms with Crippen LogP contribution in [-0.2, 0) is 9.47 Å². The zero-order valence-corrected chi connectivity index (χ0v) is 34.6. The van der Waals surface area contributed by atoms with Crippen LogP contribution in [0.4, 0.5) is 0 Å². The second kappa shape index (κ2) is 17.8. The summed E-state index contributed by atoms with van der Waals surface area (Å²) in [6, 6.07) is 0. The molecule has 0 aromatic carbocycles. The van der Waals surface area contributed by atoms with Crippen molar-refractivity contribution in [2.45, 2.75) is 199 Å². The molecule has 0 saturated heterocycles. The van der Waals surface area contributed by atoms with Crippen LogP contribution in [0.1, 0.15) is 132 Å². The topological polar surface area (TPSA) is 241 Å². The van der Waals surface area contributed by atoms with Crippen LogP contribution in [-0.4, -0.2) is 136 Å². The Balaban J connectivity index is 1.43. The van der Waals surface area contributed by atoms with E-state index in [1.165, 1.54) is 0 Å². The smallest absolute Gasteiger partial charge is 0.184 e. The molecule has 0 amide bonds. The Bertz CT molecular complexity index is 1290. The number of ether oxygens (including phenoxy) is 2. The molecule has 0 radical (unpaired) electrons. The van der Waals surface area contributed by atoms with Gasteiger partial charge in [-0.2, -0.15) is 0 Å². The first-order valence-electron chi connectivity index (χ1n) is 20.8. The van der Waals surface area contributed by atoms with Gasteiger partial charge in [-0.15, -0.1) is 0 Å². The molecule has 2 fully saturated rings. The number of allylic oxidation sites excluding steroid dienone is 2. The van der Waals surface area contributed by atoms with E-state index in [0.717, 1.165) is 44.9 Å². The van der Waals surface area contributed by atoms with Crippen molar-refractivity contribution in [1.82, 2.24) is 0 Å². The Morgan fingerprint density at radius 2 is 1.22 bits per heavy atom. The van der Waals surface area contributed by atoms with E-state index in [4.69, 9.17) is 19.7 Å². The molecule has 0 aliphatic heterocycles. The summed E-state index contributed by atoms with van der Waals surface area (Å²) in [4.78, 5) is 0. The SMILES string of the molecule is C[C@H](C(O)CCC(C)(C)OC(O)C(O)C(O)C(O)CCO)[C@H]1CC[C@@]2(C)C3=C(CC[C@]12C)[C@@]1(C)CC[C@H](OC(O)C(O)C(O)C(O)CCO)C(C)(C)C1CC3. The number of hydrogen-bond donors (Lipinski definition) is 11. The van der Waals surface area contributed by atoms with Crippen LogP contribution in [0.2, 0.25) is 0 Å². The molecule has 4 aliphatic carbocycles. The highest BCUT2D eigenvalue weighted by atomic mass is 16.6. The van der Waals surface area contributed by atoms with Gasteiger partial charge in [-0.1, -0.05) is 52.7 Å². The molecular weight excluding hydrogens is 712 g/mol. The largest absolute Gasteiger partial charge is 0.396 e. The molecular formula is C42H76O13. The summed E-state index contributed by atoms with van der Waals surface area (Å²) in [7, 11) is 0. The van der Waals surface area contributed by atoms with Crippen LogP contribution in [0.25, 0.3) is 0 Å². The van der Waals surface area contributed by atoms with Crippen LogP contribution in [0, 0.1) is 39.4 Å². The molecule has 0 heterocycles. The molecule has 16 atom stereocenters. The first-order valence-corrected chi connectivity index (χ1v) is 20.8. The van der Waals surface area contributed by atoms with Gasteiger partial charge >= 0.3 is 0 Å². The van der Waals surface area contributed by atoms with Crippen molar-refractivity contribution in [3.63, 3.8) is 0 Å². The Labute approximate surface area is 328 Å². The van der Waals surface area contributed by atoms with E-state index in [9.17, 15) is 46.0 Å². The van der Waals surface area contributed by atoms with Crippen molar-refractivity contribution in [3.05, 3.63) is 11.1 Å². The molecule has 10 unspecified atom stereocenters. The summed E-state index contributed by atoms with van der Waals surface area (Å²) < 4.78 is 11.8. The fourth-order valence-corrected chi connectivity index (χ4v) is 11.9. The normalized spacial score (nSPS) is 36.4. The van der Waals surface area contributed by atoms with E-state index < -0.39 is 60.9 Å². The molecule has 11 N–H and O–H groups in total. The number of aliphatic hydroxyl groups is 11. The Kier molecular flexibility index (Phi) is 15.2. The first-order chi connectivity index (χ1) is 25.4. The van der Waals surface area contributed by atoms with Gasteiger partial charge in [-0.25, -0.2) is 0 Å². The molecule has 0 spiro atoms. The maximum Gasteiger partial charge on any atom is 0.184 e. The molecule has 2 saturated carbocycles. The van der Waals surface area contributed by atoms with Gasteiger partial charge in [0.1, 0.15) is 24.4 Å². The second-order valence-electron chi connectivity index (χ2n) is 19.6. The van der Waals surface area contributed by atoms with Gasteiger partial charge in [-0.05, 0) is 130 Å². The second-order valence-corrected chi connectivity index (χ2v) is 19.6. The maximum absolute atomic E-state index is 11.6. The third-order valence-corrected chi connectivity index (χ3v) is 15.7.